The van der Waals surface area contributed by atoms with Gasteiger partial charge in [0.05, 0.1) is 0 Å². The zero-order valence-electron chi connectivity index (χ0n) is 14.0. The number of hydrogen-bond donors (Lipinski definition) is 1. The molecule has 2 aromatic rings. The van der Waals surface area contributed by atoms with Crippen LogP contribution in [-0.2, 0) is 9.59 Å². The number of anilines is 1. The molecule has 0 radical (unpaired) electrons. The predicted molar refractivity (Wildman–Crippen MR) is 108 cm³/mol. The van der Waals surface area contributed by atoms with Crippen molar-refractivity contribution in [3.63, 3.8) is 0 Å². The number of nitrogens with zero attached hydrogens (tertiary/aromatic N) is 1. The Balaban J connectivity index is 1.94. The SMILES string of the molecule is CN1[I-]C=CC=C(C(=O)Nc2cccc(-c3cccc(Br)c3Cl)c2Cl)C1=O. The Morgan fingerprint density at radius 2 is 1.78 bits per heavy atom. The Kier molecular flexibility index (Phi) is 6.62. The number of nitrogens with one attached hydrogen (secondary N) is 1. The van der Waals surface area contributed by atoms with Gasteiger partial charge < -0.3 is 0 Å². The van der Waals surface area contributed by atoms with Crippen LogP contribution in [0.2, 0.25) is 10.0 Å². The zero-order valence-corrected chi connectivity index (χ0v) is 19.2. The van der Waals surface area contributed by atoms with E-state index in [0.717, 1.165) is 10.0 Å². The van der Waals surface area contributed by atoms with E-state index in [1.165, 1.54) is 6.08 Å². The molecule has 0 saturated carbocycles. The van der Waals surface area contributed by atoms with Crippen LogP contribution in [0.3, 0.4) is 0 Å². The van der Waals surface area contributed by atoms with Gasteiger partial charge in [-0.3, -0.25) is 0 Å². The van der Waals surface area contributed by atoms with Crippen molar-refractivity contribution in [3.8, 4) is 11.1 Å². The van der Waals surface area contributed by atoms with Crippen LogP contribution in [-0.4, -0.2) is 22.0 Å². The van der Waals surface area contributed by atoms with E-state index in [1.54, 1.807) is 28.4 Å². The van der Waals surface area contributed by atoms with Gasteiger partial charge in [-0.05, 0) is 0 Å². The number of likely N-dealkylation sites (N-methyl/N-ethyl adjacent to an activating group) is 1. The van der Waals surface area contributed by atoms with Crippen LogP contribution < -0.4 is 26.8 Å². The van der Waals surface area contributed by atoms with E-state index < -0.39 is 27.4 Å². The van der Waals surface area contributed by atoms with Crippen molar-refractivity contribution < 1.29 is 31.1 Å². The number of carbonyl (C=O) groups excluding carboxylic acids is 2. The van der Waals surface area contributed by atoms with Gasteiger partial charge in [-0.15, -0.1) is 0 Å². The van der Waals surface area contributed by atoms with Gasteiger partial charge in [0.15, 0.2) is 0 Å². The van der Waals surface area contributed by atoms with Gasteiger partial charge in [0.1, 0.15) is 0 Å². The molecule has 2 amide bonds. The number of allylic oxidation sites excluding steroid dienone is 2. The van der Waals surface area contributed by atoms with Crippen molar-refractivity contribution in [3.05, 3.63) is 72.7 Å². The number of amides is 2. The van der Waals surface area contributed by atoms with Crippen LogP contribution in [0.25, 0.3) is 11.1 Å². The molecule has 0 spiro atoms. The molecule has 8 heteroatoms. The standard InChI is InChI=1S/C19H13BrCl2IN2O2/c1-25-19(27)13(7-4-10-23-25)18(26)24-15-9-3-6-12(17(15)22)11-5-2-8-14(20)16(11)21/h2-10H,1H3,(H,24,26)/q-1. The summed E-state index contributed by atoms with van der Waals surface area (Å²) in [7, 11) is 1.69. The number of benzene rings is 2. The van der Waals surface area contributed by atoms with Crippen LogP contribution in [0.5, 0.6) is 0 Å². The van der Waals surface area contributed by atoms with E-state index in [0.29, 0.717) is 21.3 Å². The van der Waals surface area contributed by atoms with E-state index in [4.69, 9.17) is 23.2 Å². The summed E-state index contributed by atoms with van der Waals surface area (Å²) >= 11 is 15.8. The molecule has 27 heavy (non-hydrogen) atoms. The topological polar surface area (TPSA) is 49.4 Å². The number of hydrogen-bond acceptors (Lipinski definition) is 2. The number of rotatable bonds is 3. The summed E-state index contributed by atoms with van der Waals surface area (Å²) in [4.78, 5) is 25.0. The Bertz CT molecular complexity index is 992. The molecule has 0 bridgehead atoms. The molecule has 1 heterocycles. The fraction of sp³-hybridized carbons (Fsp3) is 0.0526. The zero-order chi connectivity index (χ0) is 19.6. The number of carbonyl (C=O) groups is 2. The van der Waals surface area contributed by atoms with Crippen molar-refractivity contribution in [2.24, 2.45) is 0 Å². The molecule has 1 aliphatic rings. The molecule has 0 aliphatic carbocycles. The summed E-state index contributed by atoms with van der Waals surface area (Å²) in [5.74, 6) is -0.797. The second kappa shape index (κ2) is 8.77. The Labute approximate surface area is 186 Å². The molecule has 4 nitrogen and oxygen atoms in total. The second-order valence-electron chi connectivity index (χ2n) is 5.50. The predicted octanol–water partition coefficient (Wildman–Crippen LogP) is 2.28. The van der Waals surface area contributed by atoms with Gasteiger partial charge in [0, 0.05) is 0 Å². The van der Waals surface area contributed by atoms with Crippen molar-refractivity contribution >= 4 is 56.6 Å². The molecule has 3 rings (SSSR count). The number of halogens is 4. The molecule has 0 atom stereocenters. The molecule has 0 saturated heterocycles. The molecular weight excluding hydrogens is 566 g/mol. The first-order valence-corrected chi connectivity index (χ1v) is 11.5. The van der Waals surface area contributed by atoms with E-state index in [9.17, 15) is 9.59 Å². The quantitative estimate of drug-likeness (QED) is 0.345. The minimum absolute atomic E-state index is 0.0768. The van der Waals surface area contributed by atoms with Gasteiger partial charge >= 0.3 is 187 Å². The van der Waals surface area contributed by atoms with Crippen LogP contribution in [0.15, 0.2) is 62.7 Å². The third kappa shape index (κ3) is 4.39. The van der Waals surface area contributed by atoms with E-state index in [-0.39, 0.29) is 11.5 Å². The van der Waals surface area contributed by atoms with Crippen LogP contribution in [0.4, 0.5) is 5.69 Å². The van der Waals surface area contributed by atoms with E-state index >= 15 is 0 Å². The molecule has 1 aliphatic heterocycles. The molecule has 2 aromatic carbocycles. The maximum atomic E-state index is 12.7. The van der Waals surface area contributed by atoms with Crippen molar-refractivity contribution in [2.75, 3.05) is 12.4 Å². The van der Waals surface area contributed by atoms with Gasteiger partial charge in [-0.25, -0.2) is 0 Å². The van der Waals surface area contributed by atoms with E-state index in [1.807, 2.05) is 28.3 Å². The van der Waals surface area contributed by atoms with Crippen LogP contribution in [0, 0.1) is 0 Å². The molecule has 1 N–H and O–H groups in total. The molecule has 140 valence electrons. The first-order valence-electron chi connectivity index (χ1n) is 7.73. The first kappa shape index (κ1) is 20.4. The van der Waals surface area contributed by atoms with Gasteiger partial charge in [0.2, 0.25) is 0 Å². The summed E-state index contributed by atoms with van der Waals surface area (Å²) in [5.41, 5.74) is 1.91. The fourth-order valence-electron chi connectivity index (χ4n) is 2.44. The van der Waals surface area contributed by atoms with Crippen LogP contribution in [0.1, 0.15) is 0 Å². The summed E-state index contributed by atoms with van der Waals surface area (Å²) in [6.45, 7) is 0. The monoisotopic (exact) mass is 577 g/mol. The minimum atomic E-state index is -0.553. The maximum absolute atomic E-state index is 12.7. The normalized spacial score (nSPS) is 14.3. The molecular formula is C19H13BrCl2IN2O2-. The summed E-state index contributed by atoms with van der Waals surface area (Å²) in [6, 6.07) is 10.8. The van der Waals surface area contributed by atoms with Crippen molar-refractivity contribution in [2.45, 2.75) is 0 Å². The fourth-order valence-corrected chi connectivity index (χ4v) is 4.70. The Hall–Kier alpha value is -1.35. The Morgan fingerprint density at radius 1 is 1.11 bits per heavy atom. The third-order valence-electron chi connectivity index (χ3n) is 3.78. The average Bonchev–Trinajstić information content (AvgIpc) is 2.81. The summed E-state index contributed by atoms with van der Waals surface area (Å²) in [5, 5.41) is 3.62. The third-order valence-corrected chi connectivity index (χ3v) is 7.50. The van der Waals surface area contributed by atoms with Gasteiger partial charge in [-0.1, -0.05) is 0 Å². The molecule has 0 aromatic heterocycles. The summed E-state index contributed by atoms with van der Waals surface area (Å²) in [6.07, 6.45) is 3.27. The van der Waals surface area contributed by atoms with Gasteiger partial charge in [-0.2, -0.15) is 0 Å². The molecule has 0 fully saturated rings. The second-order valence-corrected chi connectivity index (χ2v) is 9.84. The molecule has 0 unspecified atom stereocenters. The summed E-state index contributed by atoms with van der Waals surface area (Å²) < 4.78 is 4.24. The van der Waals surface area contributed by atoms with Crippen LogP contribution >= 0.6 is 39.1 Å². The van der Waals surface area contributed by atoms with Gasteiger partial charge in [0.25, 0.3) is 0 Å². The van der Waals surface area contributed by atoms with Crippen molar-refractivity contribution in [1.29, 1.82) is 0 Å². The van der Waals surface area contributed by atoms with Crippen molar-refractivity contribution in [1.82, 2.24) is 3.11 Å². The average molecular weight is 579 g/mol. The van der Waals surface area contributed by atoms with E-state index in [2.05, 4.69) is 21.2 Å². The Morgan fingerprint density at radius 3 is 2.52 bits per heavy atom. The first-order chi connectivity index (χ1) is 12.9.